The van der Waals surface area contributed by atoms with E-state index in [9.17, 15) is 8.42 Å². The molecule has 0 amide bonds. The van der Waals surface area contributed by atoms with Crippen LogP contribution in [-0.4, -0.2) is 18.4 Å². The summed E-state index contributed by atoms with van der Waals surface area (Å²) in [6, 6.07) is 7.30. The third kappa shape index (κ3) is 4.30. The minimum absolute atomic E-state index is 0.137. The molecule has 6 nitrogen and oxygen atoms in total. The van der Waals surface area contributed by atoms with Crippen LogP contribution in [0.5, 0.6) is 0 Å². The van der Waals surface area contributed by atoms with Gasteiger partial charge in [0.25, 0.3) is 10.0 Å². The molecule has 0 unspecified atom stereocenters. The second kappa shape index (κ2) is 6.49. The summed E-state index contributed by atoms with van der Waals surface area (Å²) in [5, 5.41) is 0. The van der Waals surface area contributed by atoms with E-state index in [-0.39, 0.29) is 16.3 Å². The minimum Gasteiger partial charge on any atom is -0.276 e. The molecule has 0 aliphatic heterocycles. The Hall–Kier alpha value is -1.99. The van der Waals surface area contributed by atoms with Gasteiger partial charge in [-0.05, 0) is 49.4 Å². The lowest BCUT2D eigenvalue weighted by Crippen LogP contribution is -2.31. The normalized spacial score (nSPS) is 12.2. The first-order valence-electron chi connectivity index (χ1n) is 7.70. The standard InChI is InChI=1S/C17H24N4O2S/c1-11-7-8-14(17(4,5)6)10-15(11)24(22,23)21-20-16-18-12(2)9-13(3)19-16/h7-10,21H,1-6H3,(H,18,19,20). The van der Waals surface area contributed by atoms with Crippen molar-refractivity contribution in [3.05, 3.63) is 46.8 Å². The van der Waals surface area contributed by atoms with Gasteiger partial charge in [-0.2, -0.15) is 0 Å². The monoisotopic (exact) mass is 348 g/mol. The van der Waals surface area contributed by atoms with Gasteiger partial charge in [0, 0.05) is 11.4 Å². The zero-order valence-electron chi connectivity index (χ0n) is 14.9. The molecule has 0 aliphatic carbocycles. The van der Waals surface area contributed by atoms with Crippen LogP contribution in [0.15, 0.2) is 29.2 Å². The van der Waals surface area contributed by atoms with E-state index in [1.165, 1.54) is 0 Å². The zero-order valence-corrected chi connectivity index (χ0v) is 15.7. The number of benzene rings is 1. The van der Waals surface area contributed by atoms with Gasteiger partial charge in [0.15, 0.2) is 0 Å². The van der Waals surface area contributed by atoms with E-state index in [1.54, 1.807) is 13.0 Å². The summed E-state index contributed by atoms with van der Waals surface area (Å²) in [5.74, 6) is 0.223. The van der Waals surface area contributed by atoms with Crippen molar-refractivity contribution >= 4 is 16.0 Å². The Bertz CT molecular complexity index is 835. The predicted octanol–water partition coefficient (Wildman–Crippen LogP) is 3.00. The van der Waals surface area contributed by atoms with E-state index < -0.39 is 10.0 Å². The largest absolute Gasteiger partial charge is 0.276 e. The summed E-state index contributed by atoms with van der Waals surface area (Å²) in [7, 11) is -3.74. The van der Waals surface area contributed by atoms with Gasteiger partial charge < -0.3 is 0 Å². The molecule has 0 spiro atoms. The maximum atomic E-state index is 12.6. The first kappa shape index (κ1) is 18.4. The molecule has 2 aromatic rings. The fourth-order valence-corrected chi connectivity index (χ4v) is 3.42. The smallest absolute Gasteiger partial charge is 0.257 e. The highest BCUT2D eigenvalue weighted by atomic mass is 32.2. The number of hydrogen-bond donors (Lipinski definition) is 2. The number of aromatic nitrogens is 2. The summed E-state index contributed by atoms with van der Waals surface area (Å²) in [5.41, 5.74) is 5.61. The van der Waals surface area contributed by atoms with E-state index in [0.29, 0.717) is 5.56 Å². The minimum atomic E-state index is -3.74. The molecule has 0 radical (unpaired) electrons. The van der Waals surface area contributed by atoms with Crippen LogP contribution in [0.2, 0.25) is 0 Å². The van der Waals surface area contributed by atoms with Crippen LogP contribution in [0.3, 0.4) is 0 Å². The van der Waals surface area contributed by atoms with E-state index in [1.807, 2.05) is 52.8 Å². The molecule has 1 aromatic carbocycles. The first-order valence-corrected chi connectivity index (χ1v) is 9.18. The zero-order chi connectivity index (χ0) is 18.1. The Morgan fingerprint density at radius 1 is 0.958 bits per heavy atom. The van der Waals surface area contributed by atoms with Gasteiger partial charge in [-0.25, -0.2) is 18.4 Å². The summed E-state index contributed by atoms with van der Waals surface area (Å²) in [6.45, 7) is 11.6. The maximum absolute atomic E-state index is 12.6. The highest BCUT2D eigenvalue weighted by Crippen LogP contribution is 2.26. The van der Waals surface area contributed by atoms with Gasteiger partial charge in [-0.1, -0.05) is 32.9 Å². The van der Waals surface area contributed by atoms with Gasteiger partial charge in [-0.3, -0.25) is 5.43 Å². The molecule has 0 bridgehead atoms. The number of rotatable bonds is 4. The molecule has 0 saturated heterocycles. The number of nitrogens with one attached hydrogen (secondary N) is 2. The van der Waals surface area contributed by atoms with Crippen LogP contribution in [0.1, 0.15) is 43.3 Å². The second-order valence-electron chi connectivity index (χ2n) is 6.94. The predicted molar refractivity (Wildman–Crippen MR) is 95.3 cm³/mol. The molecule has 130 valence electrons. The molecular weight excluding hydrogens is 324 g/mol. The lowest BCUT2D eigenvalue weighted by molar-refractivity contribution is 0.579. The van der Waals surface area contributed by atoms with Crippen LogP contribution in [0.4, 0.5) is 5.95 Å². The fraction of sp³-hybridized carbons (Fsp3) is 0.412. The van der Waals surface area contributed by atoms with Crippen LogP contribution in [0.25, 0.3) is 0 Å². The highest BCUT2D eigenvalue weighted by molar-refractivity contribution is 7.89. The number of anilines is 1. The molecule has 2 N–H and O–H groups in total. The molecule has 0 atom stereocenters. The molecule has 0 fully saturated rings. The lowest BCUT2D eigenvalue weighted by Gasteiger charge is -2.21. The van der Waals surface area contributed by atoms with E-state index in [0.717, 1.165) is 17.0 Å². The summed E-state index contributed by atoms with van der Waals surface area (Å²) in [6.07, 6.45) is 0. The highest BCUT2D eigenvalue weighted by Gasteiger charge is 2.21. The average molecular weight is 348 g/mol. The SMILES string of the molecule is Cc1cc(C)nc(NNS(=O)(=O)c2cc(C(C)(C)C)ccc2C)n1. The van der Waals surface area contributed by atoms with Crippen LogP contribution >= 0.6 is 0 Å². The lowest BCUT2D eigenvalue weighted by atomic mass is 9.87. The average Bonchev–Trinajstić information content (AvgIpc) is 2.43. The van der Waals surface area contributed by atoms with Crippen molar-refractivity contribution < 1.29 is 8.42 Å². The fourth-order valence-electron chi connectivity index (χ4n) is 2.31. The van der Waals surface area contributed by atoms with Gasteiger partial charge in [0.1, 0.15) is 0 Å². The van der Waals surface area contributed by atoms with Crippen LogP contribution in [0, 0.1) is 20.8 Å². The van der Waals surface area contributed by atoms with E-state index >= 15 is 0 Å². The van der Waals surface area contributed by atoms with E-state index in [4.69, 9.17) is 0 Å². The first-order chi connectivity index (χ1) is 11.0. The third-order valence-corrected chi connectivity index (χ3v) is 5.01. The Balaban J connectivity index is 2.30. The van der Waals surface area contributed by atoms with Gasteiger partial charge in [-0.15, -0.1) is 4.83 Å². The second-order valence-corrected chi connectivity index (χ2v) is 8.59. The van der Waals surface area contributed by atoms with Crippen molar-refractivity contribution in [2.75, 3.05) is 5.43 Å². The molecule has 24 heavy (non-hydrogen) atoms. The quantitative estimate of drug-likeness (QED) is 0.830. The molecule has 0 saturated carbocycles. The van der Waals surface area contributed by atoms with E-state index in [2.05, 4.69) is 20.2 Å². The number of hydrogen-bond acceptors (Lipinski definition) is 5. The topological polar surface area (TPSA) is 84.0 Å². The number of aryl methyl sites for hydroxylation is 3. The number of hydrazine groups is 1. The third-order valence-electron chi connectivity index (χ3n) is 3.62. The Labute approximate surface area is 143 Å². The van der Waals surface area contributed by atoms with Crippen molar-refractivity contribution in [3.8, 4) is 0 Å². The Morgan fingerprint density at radius 3 is 2.08 bits per heavy atom. The van der Waals surface area contributed by atoms with Crippen molar-refractivity contribution in [1.29, 1.82) is 0 Å². The molecule has 1 heterocycles. The summed E-state index contributed by atoms with van der Waals surface area (Å²) < 4.78 is 25.3. The van der Waals surface area contributed by atoms with Crippen molar-refractivity contribution in [1.82, 2.24) is 14.8 Å². The Kier molecular flexibility index (Phi) is 4.96. The Morgan fingerprint density at radius 2 is 1.54 bits per heavy atom. The maximum Gasteiger partial charge on any atom is 0.257 e. The van der Waals surface area contributed by atoms with Crippen LogP contribution in [-0.2, 0) is 15.4 Å². The van der Waals surface area contributed by atoms with Gasteiger partial charge in [0.05, 0.1) is 4.90 Å². The molecule has 0 aliphatic rings. The molecular formula is C17H24N4O2S. The van der Waals surface area contributed by atoms with Gasteiger partial charge >= 0.3 is 0 Å². The molecule has 1 aromatic heterocycles. The van der Waals surface area contributed by atoms with Crippen molar-refractivity contribution in [2.24, 2.45) is 0 Å². The van der Waals surface area contributed by atoms with Crippen molar-refractivity contribution in [3.63, 3.8) is 0 Å². The number of sulfonamides is 1. The van der Waals surface area contributed by atoms with Crippen molar-refractivity contribution in [2.45, 2.75) is 51.9 Å². The summed E-state index contributed by atoms with van der Waals surface area (Å²) in [4.78, 5) is 10.9. The van der Waals surface area contributed by atoms with Gasteiger partial charge in [0.2, 0.25) is 5.95 Å². The molecule has 7 heteroatoms. The van der Waals surface area contributed by atoms with Crippen LogP contribution < -0.4 is 10.3 Å². The summed E-state index contributed by atoms with van der Waals surface area (Å²) >= 11 is 0. The molecule has 2 rings (SSSR count). The number of nitrogens with zero attached hydrogens (tertiary/aromatic N) is 2.